The number of nitrogens with zero attached hydrogens (tertiary/aromatic N) is 1. The van der Waals surface area contributed by atoms with E-state index in [1.165, 1.54) is 5.56 Å². The van der Waals surface area contributed by atoms with Gasteiger partial charge in [-0.1, -0.05) is 48.5 Å². The van der Waals surface area contributed by atoms with Gasteiger partial charge in [-0.2, -0.15) is 0 Å². The van der Waals surface area contributed by atoms with Crippen molar-refractivity contribution >= 4 is 10.9 Å². The van der Waals surface area contributed by atoms with Crippen LogP contribution in [0, 0.1) is 6.92 Å². The number of H-pyrrole nitrogens is 1. The normalized spacial score (nSPS) is 18.3. The molecule has 1 fully saturated rings. The first kappa shape index (κ1) is 15.2. The minimum Gasteiger partial charge on any atom is -0.321 e. The van der Waals surface area contributed by atoms with Crippen molar-refractivity contribution < 1.29 is 0 Å². The summed E-state index contributed by atoms with van der Waals surface area (Å²) in [5, 5.41) is 1.11. The van der Waals surface area contributed by atoms with Crippen LogP contribution < -0.4 is 5.56 Å². The van der Waals surface area contributed by atoms with Crippen molar-refractivity contribution in [3.8, 4) is 0 Å². The van der Waals surface area contributed by atoms with Gasteiger partial charge in [-0.05, 0) is 48.4 Å². The number of para-hydroxylation sites is 1. The average molecular weight is 318 g/mol. The summed E-state index contributed by atoms with van der Waals surface area (Å²) in [6.45, 7) is 4.82. The summed E-state index contributed by atoms with van der Waals surface area (Å²) in [6, 6.07) is 18.9. The summed E-state index contributed by atoms with van der Waals surface area (Å²) < 4.78 is 0. The third kappa shape index (κ3) is 2.87. The highest BCUT2D eigenvalue weighted by Gasteiger charge is 2.24. The fraction of sp³-hybridized carbons (Fsp3) is 0.286. The molecular formula is C21H22N2O. The Kier molecular flexibility index (Phi) is 3.95. The minimum atomic E-state index is 0.0416. The van der Waals surface area contributed by atoms with Gasteiger partial charge in [0.1, 0.15) is 0 Å². The summed E-state index contributed by atoms with van der Waals surface area (Å²) in [4.78, 5) is 17.9. The monoisotopic (exact) mass is 318 g/mol. The molecule has 122 valence electrons. The van der Waals surface area contributed by atoms with E-state index in [9.17, 15) is 4.79 Å². The first-order valence-electron chi connectivity index (χ1n) is 8.59. The zero-order valence-electron chi connectivity index (χ0n) is 14.0. The first-order chi connectivity index (χ1) is 11.7. The number of pyridine rings is 1. The lowest BCUT2D eigenvalue weighted by Crippen LogP contribution is -2.25. The van der Waals surface area contributed by atoms with Crippen molar-refractivity contribution in [2.24, 2.45) is 0 Å². The molecule has 3 aromatic rings. The second kappa shape index (κ2) is 6.25. The van der Waals surface area contributed by atoms with E-state index >= 15 is 0 Å². The molecular weight excluding hydrogens is 296 g/mol. The van der Waals surface area contributed by atoms with Gasteiger partial charge in [0.2, 0.25) is 0 Å². The summed E-state index contributed by atoms with van der Waals surface area (Å²) in [6.07, 6.45) is 1.16. The average Bonchev–Trinajstić information content (AvgIpc) is 3.06. The molecule has 0 aliphatic carbocycles. The van der Waals surface area contributed by atoms with E-state index in [4.69, 9.17) is 0 Å². The van der Waals surface area contributed by atoms with Gasteiger partial charge in [0.05, 0.1) is 5.52 Å². The molecule has 1 atom stereocenters. The van der Waals surface area contributed by atoms with Crippen LogP contribution in [0.2, 0.25) is 0 Å². The van der Waals surface area contributed by atoms with E-state index in [1.54, 1.807) is 0 Å². The molecule has 0 spiro atoms. The number of benzene rings is 2. The molecule has 4 rings (SSSR count). The van der Waals surface area contributed by atoms with Crippen LogP contribution in [0.5, 0.6) is 0 Å². The Balaban J connectivity index is 1.55. The maximum absolute atomic E-state index is 12.4. The van der Waals surface area contributed by atoms with E-state index in [1.807, 2.05) is 19.1 Å². The van der Waals surface area contributed by atoms with Gasteiger partial charge in [-0.3, -0.25) is 9.69 Å². The zero-order chi connectivity index (χ0) is 16.5. The summed E-state index contributed by atoms with van der Waals surface area (Å²) in [5.41, 5.74) is 4.38. The molecule has 0 radical (unpaired) electrons. The van der Waals surface area contributed by atoms with E-state index in [0.717, 1.165) is 48.1 Å². The van der Waals surface area contributed by atoms with Gasteiger partial charge in [0.25, 0.3) is 5.56 Å². The van der Waals surface area contributed by atoms with Crippen LogP contribution in [0.15, 0.2) is 59.4 Å². The van der Waals surface area contributed by atoms with Crippen molar-refractivity contribution in [2.45, 2.75) is 25.8 Å². The van der Waals surface area contributed by atoms with Crippen LogP contribution >= 0.6 is 0 Å². The maximum Gasteiger partial charge on any atom is 0.252 e. The summed E-state index contributed by atoms with van der Waals surface area (Å²) >= 11 is 0. The molecule has 0 bridgehead atoms. The Morgan fingerprint density at radius 3 is 2.79 bits per heavy atom. The molecule has 1 aliphatic heterocycles. The van der Waals surface area contributed by atoms with Gasteiger partial charge >= 0.3 is 0 Å². The third-order valence-electron chi connectivity index (χ3n) is 5.10. The van der Waals surface area contributed by atoms with Gasteiger partial charge < -0.3 is 4.98 Å². The zero-order valence-corrected chi connectivity index (χ0v) is 14.0. The first-order valence-corrected chi connectivity index (χ1v) is 8.59. The second-order valence-corrected chi connectivity index (χ2v) is 6.79. The quantitative estimate of drug-likeness (QED) is 0.797. The van der Waals surface area contributed by atoms with Crippen LogP contribution in [0.25, 0.3) is 10.9 Å². The molecule has 1 aromatic heterocycles. The predicted octanol–water partition coefficient (Wildman–Crippen LogP) is 3.83. The number of fused-ring (bicyclic) bond motifs is 1. The lowest BCUT2D eigenvalue weighted by atomic mass is 9.99. The largest absolute Gasteiger partial charge is 0.321 e. The fourth-order valence-corrected chi connectivity index (χ4v) is 3.76. The fourth-order valence-electron chi connectivity index (χ4n) is 3.76. The lowest BCUT2D eigenvalue weighted by molar-refractivity contribution is 0.325. The van der Waals surface area contributed by atoms with E-state index in [-0.39, 0.29) is 5.56 Å². The van der Waals surface area contributed by atoms with Gasteiger partial charge in [0, 0.05) is 18.7 Å². The van der Waals surface area contributed by atoms with Crippen molar-refractivity contribution in [1.29, 1.82) is 0 Å². The Hall–Kier alpha value is -2.39. The Morgan fingerprint density at radius 1 is 1.12 bits per heavy atom. The number of hydrogen-bond acceptors (Lipinski definition) is 2. The molecule has 1 aliphatic rings. The SMILES string of the molecule is Cc1cccc2cc(CN3CC[C@@H](c4ccccc4)C3)c(=O)[nH]c12. The topological polar surface area (TPSA) is 36.1 Å². The minimum absolute atomic E-state index is 0.0416. The number of aromatic nitrogens is 1. The smallest absolute Gasteiger partial charge is 0.252 e. The van der Waals surface area contributed by atoms with E-state index < -0.39 is 0 Å². The summed E-state index contributed by atoms with van der Waals surface area (Å²) in [5.74, 6) is 0.577. The maximum atomic E-state index is 12.4. The van der Waals surface area contributed by atoms with Crippen molar-refractivity contribution in [3.05, 3.63) is 81.6 Å². The van der Waals surface area contributed by atoms with Crippen LogP contribution in [-0.4, -0.2) is 23.0 Å². The highest BCUT2D eigenvalue weighted by molar-refractivity contribution is 5.81. The second-order valence-electron chi connectivity index (χ2n) is 6.79. The van der Waals surface area contributed by atoms with E-state index in [0.29, 0.717) is 5.92 Å². The van der Waals surface area contributed by atoms with Crippen molar-refractivity contribution in [2.75, 3.05) is 13.1 Å². The molecule has 0 unspecified atom stereocenters. The molecule has 0 saturated carbocycles. The Bertz CT molecular complexity index is 914. The molecule has 24 heavy (non-hydrogen) atoms. The highest BCUT2D eigenvalue weighted by Crippen LogP contribution is 2.27. The number of likely N-dealkylation sites (tertiary alicyclic amines) is 1. The van der Waals surface area contributed by atoms with Crippen LogP contribution in [-0.2, 0) is 6.54 Å². The van der Waals surface area contributed by atoms with Crippen molar-refractivity contribution in [1.82, 2.24) is 9.88 Å². The lowest BCUT2D eigenvalue weighted by Gasteiger charge is -2.16. The molecule has 3 nitrogen and oxygen atoms in total. The standard InChI is InChI=1S/C21H22N2O/c1-15-6-5-9-17-12-19(21(24)22-20(15)17)14-23-11-10-18(13-23)16-7-3-2-4-8-16/h2-9,12,18H,10-11,13-14H2,1H3,(H,22,24)/t18-/m1/s1. The number of rotatable bonds is 3. The Labute approximate surface area is 141 Å². The van der Waals surface area contributed by atoms with E-state index in [2.05, 4.69) is 52.3 Å². The number of aromatic amines is 1. The van der Waals surface area contributed by atoms with Crippen LogP contribution in [0.4, 0.5) is 0 Å². The van der Waals surface area contributed by atoms with Gasteiger partial charge in [0.15, 0.2) is 0 Å². The number of aryl methyl sites for hydroxylation is 1. The summed E-state index contributed by atoms with van der Waals surface area (Å²) in [7, 11) is 0. The molecule has 1 saturated heterocycles. The molecule has 0 amide bonds. The van der Waals surface area contributed by atoms with Crippen molar-refractivity contribution in [3.63, 3.8) is 0 Å². The molecule has 2 aromatic carbocycles. The number of hydrogen-bond donors (Lipinski definition) is 1. The van der Waals surface area contributed by atoms with Gasteiger partial charge in [-0.25, -0.2) is 0 Å². The number of nitrogens with one attached hydrogen (secondary N) is 1. The molecule has 3 heteroatoms. The van der Waals surface area contributed by atoms with Gasteiger partial charge in [-0.15, -0.1) is 0 Å². The highest BCUT2D eigenvalue weighted by atomic mass is 16.1. The van der Waals surface area contributed by atoms with Crippen LogP contribution in [0.1, 0.15) is 29.0 Å². The third-order valence-corrected chi connectivity index (χ3v) is 5.10. The molecule has 2 heterocycles. The molecule has 1 N–H and O–H groups in total. The predicted molar refractivity (Wildman–Crippen MR) is 98.4 cm³/mol. The Morgan fingerprint density at radius 2 is 1.96 bits per heavy atom. The van der Waals surface area contributed by atoms with Crippen LogP contribution in [0.3, 0.4) is 0 Å².